The summed E-state index contributed by atoms with van der Waals surface area (Å²) in [5, 5.41) is 0. The van der Waals surface area contributed by atoms with Gasteiger partial charge in [0, 0.05) is 12.8 Å². The highest BCUT2D eigenvalue weighted by molar-refractivity contribution is 7.47. The fourth-order valence-corrected chi connectivity index (χ4v) is 7.87. The molecule has 0 saturated heterocycles. The number of hydrogen-bond acceptors (Lipinski definition) is 7. The molecule has 0 aliphatic heterocycles. The van der Waals surface area contributed by atoms with Gasteiger partial charge in [0.05, 0.1) is 27.7 Å². The predicted octanol–water partition coefficient (Wildman–Crippen LogP) is 14.5. The average molecular weight is 859 g/mol. The van der Waals surface area contributed by atoms with E-state index < -0.39 is 26.5 Å². The number of rotatable bonds is 46. The van der Waals surface area contributed by atoms with E-state index in [4.69, 9.17) is 18.5 Å². The molecule has 0 rings (SSSR count). The van der Waals surface area contributed by atoms with Crippen LogP contribution in [-0.2, 0) is 32.7 Å². The molecule has 59 heavy (non-hydrogen) atoms. The molecule has 0 aromatic rings. The molecule has 1 N–H and O–H groups in total. The number of quaternary nitrogens is 1. The second-order valence-electron chi connectivity index (χ2n) is 18.2. The maximum atomic E-state index is 12.7. The van der Waals surface area contributed by atoms with E-state index in [0.717, 1.165) is 44.9 Å². The molecular weight excluding hydrogens is 762 g/mol. The zero-order chi connectivity index (χ0) is 43.6. The summed E-state index contributed by atoms with van der Waals surface area (Å²) in [6, 6.07) is 0. The zero-order valence-electron chi connectivity index (χ0n) is 39.5. The molecule has 0 spiro atoms. The van der Waals surface area contributed by atoms with Gasteiger partial charge in [0.15, 0.2) is 6.10 Å². The molecule has 0 aromatic heterocycles. The fourth-order valence-electron chi connectivity index (χ4n) is 7.13. The Hall–Kier alpha value is -1.25. The second kappa shape index (κ2) is 42.1. The number of carbonyl (C=O) groups excluding carboxylic acids is 2. The number of phosphoric ester groups is 1. The van der Waals surface area contributed by atoms with Crippen molar-refractivity contribution in [1.82, 2.24) is 0 Å². The van der Waals surface area contributed by atoms with Crippen molar-refractivity contribution >= 4 is 19.8 Å². The van der Waals surface area contributed by atoms with E-state index in [0.29, 0.717) is 23.9 Å². The molecule has 1 unspecified atom stereocenters. The number of likely N-dealkylation sites (N-methyl/N-ethyl adjacent to an activating group) is 1. The van der Waals surface area contributed by atoms with Crippen LogP contribution in [0.25, 0.3) is 0 Å². The van der Waals surface area contributed by atoms with Crippen molar-refractivity contribution in [2.75, 3.05) is 47.5 Å². The van der Waals surface area contributed by atoms with Gasteiger partial charge in [0.2, 0.25) is 0 Å². The van der Waals surface area contributed by atoms with Crippen LogP contribution in [0.3, 0.4) is 0 Å². The van der Waals surface area contributed by atoms with Crippen molar-refractivity contribution in [3.8, 4) is 0 Å². The van der Waals surface area contributed by atoms with Crippen molar-refractivity contribution < 1.29 is 42.1 Å². The van der Waals surface area contributed by atoms with Crippen LogP contribution in [-0.4, -0.2) is 74.9 Å². The maximum absolute atomic E-state index is 12.7. The molecule has 350 valence electrons. The molecule has 9 nitrogen and oxygen atoms in total. The smallest absolute Gasteiger partial charge is 0.462 e. The van der Waals surface area contributed by atoms with E-state index in [1.807, 2.05) is 21.1 Å². The standard InChI is InChI=1S/C49H96NO8P/c1-6-8-10-12-14-16-18-20-22-24-26-27-29-31-33-35-37-39-41-48(51)55-45-47(46-57-59(53,54)56-44-43-50(3,4)5)58-49(52)42-40-38-36-34-32-30-28-25-23-21-19-17-15-13-11-9-7-2/h21,23,47H,6-20,22,24-46H2,1-5H3/p+1/b23-21-/t47-/m1/s1. The molecule has 0 aromatic carbocycles. The molecule has 0 saturated carbocycles. The van der Waals surface area contributed by atoms with Crippen molar-refractivity contribution in [3.05, 3.63) is 12.2 Å². The van der Waals surface area contributed by atoms with Gasteiger partial charge in [-0.3, -0.25) is 18.6 Å². The summed E-state index contributed by atoms with van der Waals surface area (Å²) in [5.74, 6) is -0.789. The highest BCUT2D eigenvalue weighted by Crippen LogP contribution is 2.43. The molecule has 0 amide bonds. The molecule has 0 bridgehead atoms. The number of esters is 2. The number of hydrogen-bond donors (Lipinski definition) is 1. The van der Waals surface area contributed by atoms with Crippen LogP contribution in [0.5, 0.6) is 0 Å². The van der Waals surface area contributed by atoms with Gasteiger partial charge in [0.1, 0.15) is 19.8 Å². The summed E-state index contributed by atoms with van der Waals surface area (Å²) in [6.45, 7) is 4.46. The number of carbonyl (C=O) groups is 2. The quantitative estimate of drug-likeness (QED) is 0.0212. The molecule has 0 heterocycles. The minimum Gasteiger partial charge on any atom is -0.462 e. The highest BCUT2D eigenvalue weighted by Gasteiger charge is 2.27. The summed E-state index contributed by atoms with van der Waals surface area (Å²) in [7, 11) is 1.49. The van der Waals surface area contributed by atoms with Crippen LogP contribution in [0.2, 0.25) is 0 Å². The molecule has 10 heteroatoms. The van der Waals surface area contributed by atoms with Crippen molar-refractivity contribution in [2.24, 2.45) is 0 Å². The van der Waals surface area contributed by atoms with Gasteiger partial charge < -0.3 is 18.9 Å². The topological polar surface area (TPSA) is 108 Å². The largest absolute Gasteiger partial charge is 0.472 e. The van der Waals surface area contributed by atoms with E-state index in [-0.39, 0.29) is 25.6 Å². The lowest BCUT2D eigenvalue weighted by atomic mass is 10.0. The van der Waals surface area contributed by atoms with Crippen molar-refractivity contribution in [1.29, 1.82) is 0 Å². The maximum Gasteiger partial charge on any atom is 0.472 e. The van der Waals surface area contributed by atoms with E-state index >= 15 is 0 Å². The molecule has 0 fully saturated rings. The Morgan fingerprint density at radius 1 is 0.508 bits per heavy atom. The first kappa shape index (κ1) is 57.8. The van der Waals surface area contributed by atoms with Gasteiger partial charge in [-0.2, -0.15) is 0 Å². The van der Waals surface area contributed by atoms with E-state index in [1.54, 1.807) is 0 Å². The SMILES string of the molecule is CCCCCCCC/C=C\CCCCCCCCCC(=O)O[C@H](COC(=O)CCCCCCCCCCCCCCCCCCCC)COP(=O)(O)OCC[N+](C)(C)C. The molecule has 0 aliphatic carbocycles. The van der Waals surface area contributed by atoms with Gasteiger partial charge in [-0.05, 0) is 38.5 Å². The number of allylic oxidation sites excluding steroid dienone is 2. The Morgan fingerprint density at radius 3 is 1.25 bits per heavy atom. The lowest BCUT2D eigenvalue weighted by Crippen LogP contribution is -2.37. The van der Waals surface area contributed by atoms with Gasteiger partial charge in [-0.1, -0.05) is 199 Å². The molecule has 0 radical (unpaired) electrons. The van der Waals surface area contributed by atoms with Gasteiger partial charge in [-0.25, -0.2) is 4.57 Å². The monoisotopic (exact) mass is 859 g/mol. The van der Waals surface area contributed by atoms with Crippen molar-refractivity contribution in [2.45, 2.75) is 245 Å². The first-order valence-corrected chi connectivity index (χ1v) is 26.4. The summed E-state index contributed by atoms with van der Waals surface area (Å²) in [5.41, 5.74) is 0. The van der Waals surface area contributed by atoms with Crippen LogP contribution in [0.15, 0.2) is 12.2 Å². The fraction of sp³-hybridized carbons (Fsp3) is 0.918. The predicted molar refractivity (Wildman–Crippen MR) is 248 cm³/mol. The van der Waals surface area contributed by atoms with Crippen molar-refractivity contribution in [3.63, 3.8) is 0 Å². The van der Waals surface area contributed by atoms with Gasteiger partial charge in [-0.15, -0.1) is 0 Å². The third-order valence-electron chi connectivity index (χ3n) is 11.0. The van der Waals surface area contributed by atoms with Crippen LogP contribution in [0, 0.1) is 0 Å². The van der Waals surface area contributed by atoms with E-state index in [2.05, 4.69) is 26.0 Å². The number of nitrogens with zero attached hydrogens (tertiary/aromatic N) is 1. The Bertz CT molecular complexity index is 1020. The van der Waals surface area contributed by atoms with Gasteiger partial charge >= 0.3 is 19.8 Å². The second-order valence-corrected chi connectivity index (χ2v) is 19.7. The first-order valence-electron chi connectivity index (χ1n) is 24.9. The lowest BCUT2D eigenvalue weighted by Gasteiger charge is -2.24. The normalized spacial score (nSPS) is 13.5. The summed E-state index contributed by atoms with van der Waals surface area (Å²) in [6.07, 6.45) is 45.4. The highest BCUT2D eigenvalue weighted by atomic mass is 31.2. The summed E-state index contributed by atoms with van der Waals surface area (Å²) in [4.78, 5) is 35.5. The third-order valence-corrected chi connectivity index (χ3v) is 12.0. The van der Waals surface area contributed by atoms with Crippen LogP contribution >= 0.6 is 7.82 Å². The van der Waals surface area contributed by atoms with Gasteiger partial charge in [0.25, 0.3) is 0 Å². The first-order chi connectivity index (χ1) is 28.5. The lowest BCUT2D eigenvalue weighted by molar-refractivity contribution is -0.870. The van der Waals surface area contributed by atoms with E-state index in [1.165, 1.54) is 161 Å². The molecule has 0 aliphatic rings. The minimum atomic E-state index is -4.37. The Morgan fingerprint density at radius 2 is 0.864 bits per heavy atom. The van der Waals surface area contributed by atoms with Crippen LogP contribution in [0.4, 0.5) is 0 Å². The Balaban J connectivity index is 4.25. The minimum absolute atomic E-state index is 0.0342. The third kappa shape index (κ3) is 46.1. The average Bonchev–Trinajstić information content (AvgIpc) is 3.19. The summed E-state index contributed by atoms with van der Waals surface area (Å²) < 4.78 is 34.4. The Labute approximate surface area is 365 Å². The molecule has 2 atom stereocenters. The zero-order valence-corrected chi connectivity index (χ0v) is 40.4. The Kier molecular flexibility index (Phi) is 41.2. The number of ether oxygens (including phenoxy) is 2. The molecular formula is C49H97NO8P+. The number of phosphoric acid groups is 1. The van der Waals surface area contributed by atoms with Crippen LogP contribution < -0.4 is 0 Å². The van der Waals surface area contributed by atoms with Crippen LogP contribution in [0.1, 0.15) is 239 Å². The number of unbranched alkanes of at least 4 members (excludes halogenated alkanes) is 30. The van der Waals surface area contributed by atoms with E-state index in [9.17, 15) is 19.0 Å². The summed E-state index contributed by atoms with van der Waals surface area (Å²) >= 11 is 0.